The first-order chi connectivity index (χ1) is 8.63. The highest BCUT2D eigenvalue weighted by atomic mass is 19.1. The highest BCUT2D eigenvalue weighted by Gasteiger charge is 2.17. The lowest BCUT2D eigenvalue weighted by molar-refractivity contribution is -0.142. The van der Waals surface area contributed by atoms with Gasteiger partial charge in [0.1, 0.15) is 5.82 Å². The molecular formula is C14H19FO3. The predicted molar refractivity (Wildman–Crippen MR) is 67.0 cm³/mol. The van der Waals surface area contributed by atoms with E-state index in [1.54, 1.807) is 12.1 Å². The second kappa shape index (κ2) is 7.82. The van der Waals surface area contributed by atoms with Gasteiger partial charge >= 0.3 is 5.97 Å². The zero-order chi connectivity index (χ0) is 13.4. The quantitative estimate of drug-likeness (QED) is 0.725. The van der Waals surface area contributed by atoms with Crippen molar-refractivity contribution in [1.82, 2.24) is 0 Å². The van der Waals surface area contributed by atoms with Gasteiger partial charge < -0.3 is 9.84 Å². The van der Waals surface area contributed by atoms with Crippen molar-refractivity contribution < 1.29 is 19.0 Å². The Morgan fingerprint density at radius 2 is 2.28 bits per heavy atom. The van der Waals surface area contributed by atoms with Crippen molar-refractivity contribution in [2.24, 2.45) is 5.92 Å². The van der Waals surface area contributed by atoms with Crippen LogP contribution in [0.4, 0.5) is 4.39 Å². The van der Waals surface area contributed by atoms with Crippen molar-refractivity contribution in [2.45, 2.75) is 26.2 Å². The molecule has 100 valence electrons. The van der Waals surface area contributed by atoms with E-state index in [0.717, 1.165) is 5.56 Å². The molecule has 0 radical (unpaired) electrons. The van der Waals surface area contributed by atoms with Gasteiger partial charge in [0, 0.05) is 13.2 Å². The summed E-state index contributed by atoms with van der Waals surface area (Å²) in [6.45, 7) is 3.12. The van der Waals surface area contributed by atoms with E-state index in [1.165, 1.54) is 12.1 Å². The third-order valence-corrected chi connectivity index (χ3v) is 2.77. The maximum Gasteiger partial charge on any atom is 0.306 e. The number of carboxylic acid groups (broad SMARTS) is 1. The van der Waals surface area contributed by atoms with Crippen LogP contribution >= 0.6 is 0 Å². The van der Waals surface area contributed by atoms with Crippen molar-refractivity contribution in [1.29, 1.82) is 0 Å². The van der Waals surface area contributed by atoms with Gasteiger partial charge in [0.2, 0.25) is 0 Å². The highest BCUT2D eigenvalue weighted by Crippen LogP contribution is 2.15. The van der Waals surface area contributed by atoms with E-state index in [4.69, 9.17) is 9.84 Å². The predicted octanol–water partition coefficient (Wildman–Crippen LogP) is 2.89. The zero-order valence-corrected chi connectivity index (χ0v) is 10.6. The van der Waals surface area contributed by atoms with Gasteiger partial charge in [-0.05, 0) is 43.9 Å². The third-order valence-electron chi connectivity index (χ3n) is 2.77. The molecule has 0 aromatic heterocycles. The van der Waals surface area contributed by atoms with Crippen LogP contribution in [-0.4, -0.2) is 24.3 Å². The summed E-state index contributed by atoms with van der Waals surface area (Å²) >= 11 is 0. The SMILES string of the molecule is CCOCCCC(Cc1cccc(F)c1)C(=O)O. The fourth-order valence-electron chi connectivity index (χ4n) is 1.84. The first-order valence-electron chi connectivity index (χ1n) is 6.18. The highest BCUT2D eigenvalue weighted by molar-refractivity contribution is 5.70. The van der Waals surface area contributed by atoms with Crippen LogP contribution in [0, 0.1) is 11.7 Å². The minimum atomic E-state index is -0.837. The van der Waals surface area contributed by atoms with Gasteiger partial charge in [-0.1, -0.05) is 12.1 Å². The fraction of sp³-hybridized carbons (Fsp3) is 0.500. The third kappa shape index (κ3) is 5.27. The van der Waals surface area contributed by atoms with Crippen LogP contribution in [0.3, 0.4) is 0 Å². The van der Waals surface area contributed by atoms with Crippen LogP contribution in [0.5, 0.6) is 0 Å². The summed E-state index contributed by atoms with van der Waals surface area (Å²) in [4.78, 5) is 11.1. The molecule has 1 rings (SSSR count). The average Bonchev–Trinajstić information content (AvgIpc) is 2.33. The molecule has 0 aliphatic carbocycles. The number of rotatable bonds is 8. The van der Waals surface area contributed by atoms with Crippen LogP contribution in [0.15, 0.2) is 24.3 Å². The Morgan fingerprint density at radius 1 is 1.50 bits per heavy atom. The van der Waals surface area contributed by atoms with Gasteiger partial charge in [0.05, 0.1) is 5.92 Å². The van der Waals surface area contributed by atoms with Crippen LogP contribution in [-0.2, 0) is 16.0 Å². The van der Waals surface area contributed by atoms with Crippen molar-refractivity contribution in [3.8, 4) is 0 Å². The van der Waals surface area contributed by atoms with Crippen LogP contribution in [0.25, 0.3) is 0 Å². The van der Waals surface area contributed by atoms with Gasteiger partial charge in [0.15, 0.2) is 0 Å². The van der Waals surface area contributed by atoms with Crippen LogP contribution in [0.1, 0.15) is 25.3 Å². The van der Waals surface area contributed by atoms with Crippen molar-refractivity contribution >= 4 is 5.97 Å². The summed E-state index contributed by atoms with van der Waals surface area (Å²) in [6, 6.07) is 6.10. The summed E-state index contributed by atoms with van der Waals surface area (Å²) in [5.74, 6) is -1.64. The largest absolute Gasteiger partial charge is 0.481 e. The summed E-state index contributed by atoms with van der Waals surface area (Å²) in [5.41, 5.74) is 0.721. The lowest BCUT2D eigenvalue weighted by atomic mass is 9.95. The van der Waals surface area contributed by atoms with E-state index in [0.29, 0.717) is 32.5 Å². The Kier molecular flexibility index (Phi) is 6.36. The molecule has 0 bridgehead atoms. The Balaban J connectivity index is 2.50. The molecule has 1 aromatic carbocycles. The molecule has 1 N–H and O–H groups in total. The Labute approximate surface area is 107 Å². The molecule has 1 atom stereocenters. The number of carbonyl (C=O) groups is 1. The zero-order valence-electron chi connectivity index (χ0n) is 10.6. The molecule has 3 nitrogen and oxygen atoms in total. The van der Waals surface area contributed by atoms with Crippen molar-refractivity contribution in [3.05, 3.63) is 35.6 Å². The number of benzene rings is 1. The molecule has 0 aliphatic rings. The van der Waals surface area contributed by atoms with E-state index >= 15 is 0 Å². The van der Waals surface area contributed by atoms with E-state index in [2.05, 4.69) is 0 Å². The number of ether oxygens (including phenoxy) is 1. The Bertz CT molecular complexity index is 379. The van der Waals surface area contributed by atoms with Gasteiger partial charge in [-0.2, -0.15) is 0 Å². The number of hydrogen-bond acceptors (Lipinski definition) is 2. The molecule has 0 aliphatic heterocycles. The molecule has 0 heterocycles. The first kappa shape index (κ1) is 14.6. The number of carboxylic acids is 1. The minimum Gasteiger partial charge on any atom is -0.481 e. The molecule has 18 heavy (non-hydrogen) atoms. The molecule has 0 saturated heterocycles. The second-order valence-electron chi connectivity index (χ2n) is 4.21. The molecule has 1 unspecified atom stereocenters. The smallest absolute Gasteiger partial charge is 0.306 e. The average molecular weight is 254 g/mol. The summed E-state index contributed by atoms with van der Waals surface area (Å²) in [7, 11) is 0. The van der Waals surface area contributed by atoms with E-state index in [1.807, 2.05) is 6.92 Å². The molecule has 4 heteroatoms. The molecule has 0 saturated carbocycles. The molecule has 0 amide bonds. The van der Waals surface area contributed by atoms with E-state index in [9.17, 15) is 9.18 Å². The molecular weight excluding hydrogens is 235 g/mol. The van der Waals surface area contributed by atoms with Crippen LogP contribution < -0.4 is 0 Å². The molecule has 0 fully saturated rings. The summed E-state index contributed by atoms with van der Waals surface area (Å²) in [6.07, 6.45) is 1.62. The second-order valence-corrected chi connectivity index (χ2v) is 4.21. The summed E-state index contributed by atoms with van der Waals surface area (Å²) in [5, 5.41) is 9.13. The topological polar surface area (TPSA) is 46.5 Å². The molecule has 1 aromatic rings. The van der Waals surface area contributed by atoms with E-state index in [-0.39, 0.29) is 5.82 Å². The lowest BCUT2D eigenvalue weighted by Gasteiger charge is -2.12. The standard InChI is InChI=1S/C14H19FO3/c1-2-18-8-4-6-12(14(16)17)9-11-5-3-7-13(15)10-11/h3,5,7,10,12H,2,4,6,8-9H2,1H3,(H,16,17). The van der Waals surface area contributed by atoms with Crippen molar-refractivity contribution in [2.75, 3.05) is 13.2 Å². The lowest BCUT2D eigenvalue weighted by Crippen LogP contribution is -2.17. The first-order valence-corrected chi connectivity index (χ1v) is 6.18. The van der Waals surface area contributed by atoms with Crippen LogP contribution in [0.2, 0.25) is 0 Å². The number of hydrogen-bond donors (Lipinski definition) is 1. The normalized spacial score (nSPS) is 12.3. The number of aliphatic carboxylic acids is 1. The van der Waals surface area contributed by atoms with Gasteiger partial charge in [-0.15, -0.1) is 0 Å². The van der Waals surface area contributed by atoms with Gasteiger partial charge in [-0.3, -0.25) is 4.79 Å². The fourth-order valence-corrected chi connectivity index (χ4v) is 1.84. The maximum atomic E-state index is 13.0. The van der Waals surface area contributed by atoms with Gasteiger partial charge in [-0.25, -0.2) is 4.39 Å². The van der Waals surface area contributed by atoms with Crippen molar-refractivity contribution in [3.63, 3.8) is 0 Å². The Hall–Kier alpha value is -1.42. The maximum absolute atomic E-state index is 13.0. The van der Waals surface area contributed by atoms with E-state index < -0.39 is 11.9 Å². The summed E-state index contributed by atoms with van der Waals surface area (Å²) < 4.78 is 18.2. The number of halogens is 1. The monoisotopic (exact) mass is 254 g/mol. The minimum absolute atomic E-state index is 0.328. The Morgan fingerprint density at radius 3 is 2.89 bits per heavy atom. The molecule has 0 spiro atoms. The van der Waals surface area contributed by atoms with Gasteiger partial charge in [0.25, 0.3) is 0 Å².